The molecule has 7 nitrogen and oxygen atoms in total. The van der Waals surface area contributed by atoms with Crippen molar-refractivity contribution in [2.45, 2.75) is 62.9 Å². The molecule has 1 saturated heterocycles. The summed E-state index contributed by atoms with van der Waals surface area (Å²) in [5, 5.41) is 11.4. The van der Waals surface area contributed by atoms with Crippen molar-refractivity contribution in [1.82, 2.24) is 21.3 Å². The summed E-state index contributed by atoms with van der Waals surface area (Å²) in [7, 11) is 0. The minimum Gasteiger partial charge on any atom is -0.338 e. The van der Waals surface area contributed by atoms with E-state index in [2.05, 4.69) is 21.3 Å². The van der Waals surface area contributed by atoms with Crippen molar-refractivity contribution in [1.29, 1.82) is 0 Å². The molecule has 1 heterocycles. The maximum Gasteiger partial charge on any atom is 0.322 e. The van der Waals surface area contributed by atoms with E-state index < -0.39 is 11.6 Å². The molecule has 1 aliphatic heterocycles. The fraction of sp³-hybridized carbons (Fsp3) is 0.842. The summed E-state index contributed by atoms with van der Waals surface area (Å²) in [6.45, 7) is 0.423. The first-order chi connectivity index (χ1) is 12.5. The van der Waals surface area contributed by atoms with Gasteiger partial charge in [-0.3, -0.25) is 10.1 Å². The number of rotatable bonds is 3. The fourth-order valence-electron chi connectivity index (χ4n) is 6.90. The van der Waals surface area contributed by atoms with Gasteiger partial charge in [0.2, 0.25) is 0 Å². The molecule has 2 atom stereocenters. The fourth-order valence-corrected chi connectivity index (χ4v) is 6.90. The van der Waals surface area contributed by atoms with Gasteiger partial charge in [0.1, 0.15) is 5.54 Å². The zero-order chi connectivity index (χ0) is 17.9. The molecule has 6 fully saturated rings. The van der Waals surface area contributed by atoms with Crippen LogP contribution in [0, 0.1) is 29.6 Å². The molecule has 0 aromatic rings. The zero-order valence-corrected chi connectivity index (χ0v) is 15.1. The van der Waals surface area contributed by atoms with Crippen molar-refractivity contribution >= 4 is 18.0 Å². The molecule has 0 aromatic heterocycles. The van der Waals surface area contributed by atoms with E-state index in [1.807, 2.05) is 0 Å². The van der Waals surface area contributed by atoms with Crippen LogP contribution in [0.4, 0.5) is 9.59 Å². The normalized spacial score (nSPS) is 45.7. The standard InChI is InChI=1S/C19H28N4O3/c24-16-19(23-18(26)22-16)3-1-2-14(19)9-20-17(25)21-15-12-5-10-4-11(7-12)8-13(15)6-10/h10-15H,1-9H2,(H2,20,21,25)(H2,22,23,24,26). The average Bonchev–Trinajstić information content (AvgIpc) is 3.11. The first kappa shape index (κ1) is 16.4. The topological polar surface area (TPSA) is 99.3 Å². The summed E-state index contributed by atoms with van der Waals surface area (Å²) in [6, 6.07) is -0.218. The lowest BCUT2D eigenvalue weighted by molar-refractivity contribution is -0.125. The van der Waals surface area contributed by atoms with Gasteiger partial charge < -0.3 is 16.0 Å². The second-order valence-corrected chi connectivity index (χ2v) is 9.28. The number of nitrogens with one attached hydrogen (secondary N) is 4. The molecule has 6 rings (SSSR count). The highest BCUT2D eigenvalue weighted by Gasteiger charge is 2.54. The molecular formula is C19H28N4O3. The number of hydrogen-bond donors (Lipinski definition) is 4. The summed E-state index contributed by atoms with van der Waals surface area (Å²) < 4.78 is 0. The van der Waals surface area contributed by atoms with Crippen LogP contribution in [0.5, 0.6) is 0 Å². The number of carbonyl (C=O) groups is 3. The van der Waals surface area contributed by atoms with Crippen molar-refractivity contribution in [3.63, 3.8) is 0 Å². The van der Waals surface area contributed by atoms with Crippen LogP contribution in [0.3, 0.4) is 0 Å². The van der Waals surface area contributed by atoms with Crippen molar-refractivity contribution in [3.05, 3.63) is 0 Å². The van der Waals surface area contributed by atoms with E-state index in [9.17, 15) is 14.4 Å². The lowest BCUT2D eigenvalue weighted by Gasteiger charge is -2.54. The third-order valence-electron chi connectivity index (χ3n) is 7.82. The van der Waals surface area contributed by atoms with E-state index in [1.165, 1.54) is 32.1 Å². The maximum atomic E-state index is 12.5. The largest absolute Gasteiger partial charge is 0.338 e. The van der Waals surface area contributed by atoms with Gasteiger partial charge in [-0.25, -0.2) is 9.59 Å². The van der Waals surface area contributed by atoms with E-state index in [4.69, 9.17) is 0 Å². The predicted octanol–water partition coefficient (Wildman–Crippen LogP) is 1.49. The molecule has 6 aliphatic rings. The Kier molecular flexibility index (Phi) is 3.69. The molecule has 26 heavy (non-hydrogen) atoms. The van der Waals surface area contributed by atoms with Gasteiger partial charge in [0.15, 0.2) is 0 Å². The lowest BCUT2D eigenvalue weighted by Crippen LogP contribution is -2.58. The first-order valence-electron chi connectivity index (χ1n) is 10.2. The second kappa shape index (κ2) is 5.86. The monoisotopic (exact) mass is 360 g/mol. The molecule has 1 spiro atoms. The first-order valence-corrected chi connectivity index (χ1v) is 10.2. The van der Waals surface area contributed by atoms with Crippen molar-refractivity contribution in [2.75, 3.05) is 6.54 Å². The van der Waals surface area contributed by atoms with E-state index in [0.29, 0.717) is 30.8 Å². The molecule has 5 aliphatic carbocycles. The third kappa shape index (κ3) is 2.50. The summed E-state index contributed by atoms with van der Waals surface area (Å²) in [5.74, 6) is 2.79. The van der Waals surface area contributed by atoms with Gasteiger partial charge in [0.25, 0.3) is 5.91 Å². The van der Waals surface area contributed by atoms with Crippen LogP contribution in [-0.4, -0.2) is 36.1 Å². The number of hydrogen-bond acceptors (Lipinski definition) is 3. The highest BCUT2D eigenvalue weighted by atomic mass is 16.2. The van der Waals surface area contributed by atoms with E-state index in [1.54, 1.807) is 0 Å². The molecule has 142 valence electrons. The van der Waals surface area contributed by atoms with Crippen LogP contribution < -0.4 is 21.3 Å². The Labute approximate surface area is 153 Å². The summed E-state index contributed by atoms with van der Waals surface area (Å²) in [4.78, 5) is 36.3. The number of urea groups is 2. The summed E-state index contributed by atoms with van der Waals surface area (Å²) in [6.07, 6.45) is 8.87. The Morgan fingerprint density at radius 2 is 1.77 bits per heavy atom. The second-order valence-electron chi connectivity index (χ2n) is 9.28. The number of carbonyl (C=O) groups excluding carboxylic acids is 3. The smallest absolute Gasteiger partial charge is 0.322 e. The van der Waals surface area contributed by atoms with E-state index in [0.717, 1.165) is 24.7 Å². The molecule has 0 radical (unpaired) electrons. The van der Waals surface area contributed by atoms with Crippen molar-refractivity contribution in [2.24, 2.45) is 29.6 Å². The highest BCUT2D eigenvalue weighted by Crippen LogP contribution is 2.53. The molecule has 4 bridgehead atoms. The molecule has 2 unspecified atom stereocenters. The highest BCUT2D eigenvalue weighted by molar-refractivity contribution is 6.07. The Bertz CT molecular complexity index is 623. The van der Waals surface area contributed by atoms with E-state index in [-0.39, 0.29) is 17.9 Å². The third-order valence-corrected chi connectivity index (χ3v) is 7.82. The Balaban J connectivity index is 1.18. The molecule has 0 aromatic carbocycles. The van der Waals surface area contributed by atoms with Gasteiger partial charge >= 0.3 is 12.1 Å². The molecule has 7 heteroatoms. The van der Waals surface area contributed by atoms with Gasteiger partial charge in [-0.1, -0.05) is 6.42 Å². The quantitative estimate of drug-likeness (QED) is 0.574. The SMILES string of the molecule is O=C(NCC1CCCC12NC(=O)NC2=O)NC1C2CC3CC(C2)CC1C3. The van der Waals surface area contributed by atoms with Crippen LogP contribution >= 0.6 is 0 Å². The Morgan fingerprint density at radius 3 is 2.38 bits per heavy atom. The van der Waals surface area contributed by atoms with E-state index >= 15 is 0 Å². The minimum absolute atomic E-state index is 0.0433. The van der Waals surface area contributed by atoms with Crippen LogP contribution in [0.1, 0.15) is 51.4 Å². The Morgan fingerprint density at radius 1 is 1.08 bits per heavy atom. The lowest BCUT2D eigenvalue weighted by atomic mass is 9.54. The molecule has 5 saturated carbocycles. The van der Waals surface area contributed by atoms with Crippen LogP contribution in [0.15, 0.2) is 0 Å². The maximum absolute atomic E-state index is 12.5. The average molecular weight is 360 g/mol. The van der Waals surface area contributed by atoms with Gasteiger partial charge in [0.05, 0.1) is 0 Å². The zero-order valence-electron chi connectivity index (χ0n) is 15.1. The molecular weight excluding hydrogens is 332 g/mol. The number of imide groups is 1. The minimum atomic E-state index is -0.826. The Hall–Kier alpha value is -1.79. The van der Waals surface area contributed by atoms with Crippen LogP contribution in [0.25, 0.3) is 0 Å². The molecule has 4 N–H and O–H groups in total. The summed E-state index contributed by atoms with van der Waals surface area (Å²) in [5.41, 5.74) is -0.826. The number of amides is 5. The van der Waals surface area contributed by atoms with Gasteiger partial charge in [-0.2, -0.15) is 0 Å². The predicted molar refractivity (Wildman–Crippen MR) is 94.1 cm³/mol. The summed E-state index contributed by atoms with van der Waals surface area (Å²) >= 11 is 0. The van der Waals surface area contributed by atoms with Gasteiger partial charge in [0, 0.05) is 18.5 Å². The van der Waals surface area contributed by atoms with Gasteiger partial charge in [-0.15, -0.1) is 0 Å². The van der Waals surface area contributed by atoms with Crippen molar-refractivity contribution < 1.29 is 14.4 Å². The van der Waals surface area contributed by atoms with Crippen molar-refractivity contribution in [3.8, 4) is 0 Å². The van der Waals surface area contributed by atoms with Crippen LogP contribution in [0.2, 0.25) is 0 Å². The molecule has 5 amide bonds. The van der Waals surface area contributed by atoms with Gasteiger partial charge in [-0.05, 0) is 68.6 Å². The van der Waals surface area contributed by atoms with Crippen LogP contribution in [-0.2, 0) is 4.79 Å².